The van der Waals surface area contributed by atoms with Crippen LogP contribution in [0.15, 0.2) is 18.2 Å². The van der Waals surface area contributed by atoms with Crippen molar-refractivity contribution in [2.45, 2.75) is 71.1 Å². The molecule has 1 aromatic rings. The molecule has 2 heterocycles. The molecular formula is C28H43ClN4. The summed E-state index contributed by atoms with van der Waals surface area (Å²) < 4.78 is 0. The lowest BCUT2D eigenvalue weighted by Crippen LogP contribution is -2.47. The van der Waals surface area contributed by atoms with Gasteiger partial charge >= 0.3 is 0 Å². The molecule has 33 heavy (non-hydrogen) atoms. The van der Waals surface area contributed by atoms with Gasteiger partial charge in [-0.1, -0.05) is 13.8 Å². The second kappa shape index (κ2) is 10.4. The summed E-state index contributed by atoms with van der Waals surface area (Å²) in [5.41, 5.74) is 5.01. The smallest absolute Gasteiger partial charge is 0.0657 e. The quantitative estimate of drug-likeness (QED) is 0.523. The second-order valence-corrected chi connectivity index (χ2v) is 11.8. The maximum absolute atomic E-state index is 9.28. The zero-order valence-electron chi connectivity index (χ0n) is 20.8. The fourth-order valence-corrected chi connectivity index (χ4v) is 6.17. The number of hydrogen-bond donors (Lipinski definition) is 0. The molecule has 0 spiro atoms. The van der Waals surface area contributed by atoms with Crippen LogP contribution in [0.4, 0.5) is 11.4 Å². The highest BCUT2D eigenvalue weighted by Gasteiger charge is 2.32. The number of piperazine rings is 1. The van der Waals surface area contributed by atoms with Crippen molar-refractivity contribution in [1.82, 2.24) is 4.90 Å². The normalized spacial score (nSPS) is 24.9. The summed E-state index contributed by atoms with van der Waals surface area (Å²) in [6.45, 7) is 13.0. The molecule has 2 aliphatic heterocycles. The van der Waals surface area contributed by atoms with E-state index in [-0.39, 0.29) is 18.3 Å². The summed E-state index contributed by atoms with van der Waals surface area (Å²) in [6.07, 6.45) is 10.2. The highest BCUT2D eigenvalue weighted by atomic mass is 35.5. The molecular weight excluding hydrogens is 428 g/mol. The Morgan fingerprint density at radius 3 is 2.15 bits per heavy atom. The Morgan fingerprint density at radius 2 is 1.55 bits per heavy atom. The molecule has 0 radical (unpaired) electrons. The molecule has 182 valence electrons. The summed E-state index contributed by atoms with van der Waals surface area (Å²) in [7, 11) is 0. The molecule has 2 saturated carbocycles. The van der Waals surface area contributed by atoms with Crippen LogP contribution < -0.4 is 9.80 Å². The van der Waals surface area contributed by atoms with Crippen molar-refractivity contribution in [1.29, 1.82) is 5.26 Å². The van der Waals surface area contributed by atoms with E-state index in [1.807, 2.05) is 0 Å². The third kappa shape index (κ3) is 5.98. The van der Waals surface area contributed by atoms with Crippen LogP contribution in [-0.2, 0) is 0 Å². The first kappa shape index (κ1) is 24.7. The third-order valence-corrected chi connectivity index (χ3v) is 8.76. The van der Waals surface area contributed by atoms with Crippen LogP contribution in [0.3, 0.4) is 0 Å². The largest absolute Gasteiger partial charge is 0.371 e. The number of nitrogens with zero attached hydrogens (tertiary/aromatic N) is 4. The molecule has 4 aliphatic rings. The minimum absolute atomic E-state index is 0. The van der Waals surface area contributed by atoms with Gasteiger partial charge < -0.3 is 9.80 Å². The maximum Gasteiger partial charge on any atom is 0.0657 e. The summed E-state index contributed by atoms with van der Waals surface area (Å²) in [5, 5.41) is 9.28. The molecule has 0 unspecified atom stereocenters. The van der Waals surface area contributed by atoms with E-state index >= 15 is 0 Å². The zero-order valence-corrected chi connectivity index (χ0v) is 21.6. The minimum atomic E-state index is 0. The lowest BCUT2D eigenvalue weighted by Gasteiger charge is -2.40. The van der Waals surface area contributed by atoms with Crippen molar-refractivity contribution in [3.05, 3.63) is 23.8 Å². The lowest BCUT2D eigenvalue weighted by molar-refractivity contribution is 0.224. The summed E-state index contributed by atoms with van der Waals surface area (Å²) in [5.74, 6) is 1.93. The lowest BCUT2D eigenvalue weighted by atomic mass is 9.71. The molecule has 4 fully saturated rings. The van der Waals surface area contributed by atoms with E-state index in [2.05, 4.69) is 52.8 Å². The molecule has 0 bridgehead atoms. The Bertz CT molecular complexity index is 817. The monoisotopic (exact) mass is 470 g/mol. The number of benzene rings is 1. The summed E-state index contributed by atoms with van der Waals surface area (Å²) in [6, 6.07) is 9.84. The average molecular weight is 471 g/mol. The Balaban J connectivity index is 0.00000259. The first-order valence-electron chi connectivity index (χ1n) is 13.3. The number of nitriles is 1. The molecule has 5 heteroatoms. The second-order valence-electron chi connectivity index (χ2n) is 11.8. The van der Waals surface area contributed by atoms with Crippen LogP contribution in [0.5, 0.6) is 0 Å². The van der Waals surface area contributed by atoms with Gasteiger partial charge in [0.05, 0.1) is 6.07 Å². The number of hydrogen-bond acceptors (Lipinski definition) is 4. The molecule has 4 nitrogen and oxygen atoms in total. The van der Waals surface area contributed by atoms with E-state index in [1.54, 1.807) is 5.56 Å². The fourth-order valence-electron chi connectivity index (χ4n) is 6.17. The van der Waals surface area contributed by atoms with Gasteiger partial charge in [-0.25, -0.2) is 0 Å². The van der Waals surface area contributed by atoms with Crippen molar-refractivity contribution in [3.63, 3.8) is 0 Å². The predicted molar refractivity (Wildman–Crippen MR) is 141 cm³/mol. The van der Waals surface area contributed by atoms with Crippen LogP contribution in [0.25, 0.3) is 0 Å². The van der Waals surface area contributed by atoms with Crippen LogP contribution in [0.1, 0.15) is 76.7 Å². The minimum Gasteiger partial charge on any atom is -0.371 e. The average Bonchev–Trinajstić information content (AvgIpc) is 3.63. The molecule has 2 aliphatic carbocycles. The summed E-state index contributed by atoms with van der Waals surface area (Å²) in [4.78, 5) is 7.91. The number of halogens is 1. The van der Waals surface area contributed by atoms with E-state index in [9.17, 15) is 5.26 Å². The van der Waals surface area contributed by atoms with Crippen molar-refractivity contribution in [2.75, 3.05) is 55.6 Å². The molecule has 0 N–H and O–H groups in total. The third-order valence-electron chi connectivity index (χ3n) is 8.76. The van der Waals surface area contributed by atoms with Crippen molar-refractivity contribution in [3.8, 4) is 6.07 Å². The highest BCUT2D eigenvalue weighted by Crippen LogP contribution is 2.46. The number of anilines is 2. The summed E-state index contributed by atoms with van der Waals surface area (Å²) >= 11 is 0. The SMILES string of the molecule is CC1(C)CCC(c2cc(N3CCC(C#N)CC3)ccc2N2CCN(CC3CC3)CC2)CC1.Cl. The predicted octanol–water partition coefficient (Wildman–Crippen LogP) is 6.06. The Morgan fingerprint density at radius 1 is 0.879 bits per heavy atom. The van der Waals surface area contributed by atoms with Crippen molar-refractivity contribution in [2.24, 2.45) is 17.3 Å². The van der Waals surface area contributed by atoms with Crippen LogP contribution in [0, 0.1) is 28.6 Å². The molecule has 0 amide bonds. The van der Waals surface area contributed by atoms with E-state index in [1.165, 1.54) is 82.6 Å². The van der Waals surface area contributed by atoms with E-state index in [0.29, 0.717) is 11.3 Å². The molecule has 2 saturated heterocycles. The van der Waals surface area contributed by atoms with Crippen molar-refractivity contribution >= 4 is 23.8 Å². The molecule has 0 atom stereocenters. The van der Waals surface area contributed by atoms with Gasteiger partial charge in [0.25, 0.3) is 0 Å². The highest BCUT2D eigenvalue weighted by molar-refractivity contribution is 5.85. The molecule has 5 rings (SSSR count). The number of piperidine rings is 1. The van der Waals surface area contributed by atoms with Gasteiger partial charge in [0.2, 0.25) is 0 Å². The first-order valence-corrected chi connectivity index (χ1v) is 13.3. The molecule has 1 aromatic carbocycles. The van der Waals surface area contributed by atoms with Gasteiger partial charge in [0.15, 0.2) is 0 Å². The Hall–Kier alpha value is -1.44. The van der Waals surface area contributed by atoms with Gasteiger partial charge in [-0.05, 0) is 92.4 Å². The Labute approximate surface area is 207 Å². The maximum atomic E-state index is 9.28. The number of rotatable bonds is 5. The zero-order chi connectivity index (χ0) is 22.1. The molecule has 0 aromatic heterocycles. The van der Waals surface area contributed by atoms with Gasteiger partial charge in [-0.3, -0.25) is 4.90 Å². The van der Waals surface area contributed by atoms with E-state index in [0.717, 1.165) is 31.8 Å². The van der Waals surface area contributed by atoms with Crippen LogP contribution in [-0.4, -0.2) is 50.7 Å². The fraction of sp³-hybridized carbons (Fsp3) is 0.750. The van der Waals surface area contributed by atoms with Gasteiger partial charge in [0.1, 0.15) is 0 Å². The standard InChI is InChI=1S/C28H42N4.ClH/c1-28(2)11-7-24(8-12-28)26-19-25(31-13-9-22(20-29)10-14-31)5-6-27(26)32-17-15-30(16-18-32)21-23-3-4-23;/h5-6,19,22-24H,3-4,7-18,21H2,1-2H3;1H. The first-order chi connectivity index (χ1) is 15.5. The topological polar surface area (TPSA) is 33.5 Å². The van der Waals surface area contributed by atoms with E-state index < -0.39 is 0 Å². The van der Waals surface area contributed by atoms with Gasteiger partial charge in [-0.15, -0.1) is 12.4 Å². The van der Waals surface area contributed by atoms with Crippen LogP contribution >= 0.6 is 12.4 Å². The van der Waals surface area contributed by atoms with Crippen molar-refractivity contribution < 1.29 is 0 Å². The van der Waals surface area contributed by atoms with Gasteiger partial charge in [-0.2, -0.15) is 5.26 Å². The van der Waals surface area contributed by atoms with Crippen LogP contribution in [0.2, 0.25) is 0 Å². The van der Waals surface area contributed by atoms with Gasteiger partial charge in [0, 0.05) is 63.1 Å². The Kier molecular flexibility index (Phi) is 7.81. The van der Waals surface area contributed by atoms with E-state index in [4.69, 9.17) is 0 Å².